The van der Waals surface area contributed by atoms with Gasteiger partial charge in [0.05, 0.1) is 0 Å². The number of alkyl halides is 2. The predicted octanol–water partition coefficient (Wildman–Crippen LogP) is 2.13. The van der Waals surface area contributed by atoms with E-state index in [1.54, 1.807) is 0 Å². The molecule has 1 aliphatic heterocycles. The Hall–Kier alpha value is -0.220. The minimum Gasteiger partial charge on any atom is -0.396 e. The fourth-order valence-corrected chi connectivity index (χ4v) is 1.40. The zero-order valence-corrected chi connectivity index (χ0v) is 9.10. The van der Waals surface area contributed by atoms with Gasteiger partial charge in [-0.2, -0.15) is 0 Å². The van der Waals surface area contributed by atoms with Gasteiger partial charge in [0.2, 0.25) is 0 Å². The topological polar surface area (TPSA) is 23.5 Å². The summed E-state index contributed by atoms with van der Waals surface area (Å²) in [5, 5.41) is 8.52. The minimum atomic E-state index is -2.45. The van der Waals surface area contributed by atoms with Gasteiger partial charge in [0.25, 0.3) is 5.92 Å². The number of hydrogen-bond donors (Lipinski definition) is 1. The highest BCUT2D eigenvalue weighted by Gasteiger charge is 2.33. The lowest BCUT2D eigenvalue weighted by Crippen LogP contribution is -2.39. The number of nitrogens with zero attached hydrogens (tertiary/aromatic N) is 1. The van der Waals surface area contributed by atoms with E-state index >= 15 is 0 Å². The lowest BCUT2D eigenvalue weighted by atomic mass is 10.1. The second kappa shape index (κ2) is 7.12. The van der Waals surface area contributed by atoms with Crippen LogP contribution in [0.4, 0.5) is 8.78 Å². The summed E-state index contributed by atoms with van der Waals surface area (Å²) in [5.41, 5.74) is 0. The molecule has 0 bridgehead atoms. The van der Waals surface area contributed by atoms with Gasteiger partial charge in [-0.05, 0) is 6.42 Å². The Kier molecular flexibility index (Phi) is 7.01. The van der Waals surface area contributed by atoms with Crippen LogP contribution < -0.4 is 0 Å². The molecule has 0 aliphatic carbocycles. The molecular weight excluding hydrogens is 188 g/mol. The van der Waals surface area contributed by atoms with E-state index < -0.39 is 5.92 Å². The SMILES string of the molecule is CC.OCCCN1CCC(F)(F)CC1. The van der Waals surface area contributed by atoms with Crippen molar-refractivity contribution in [2.75, 3.05) is 26.2 Å². The smallest absolute Gasteiger partial charge is 0.250 e. The number of aliphatic hydroxyl groups excluding tert-OH is 1. The first kappa shape index (κ1) is 13.8. The van der Waals surface area contributed by atoms with Crippen molar-refractivity contribution in [3.8, 4) is 0 Å². The summed E-state index contributed by atoms with van der Waals surface area (Å²) in [6.07, 6.45) is 0.627. The molecule has 14 heavy (non-hydrogen) atoms. The van der Waals surface area contributed by atoms with Crippen LogP contribution in [0.15, 0.2) is 0 Å². The molecule has 1 saturated heterocycles. The van der Waals surface area contributed by atoms with Gasteiger partial charge in [0.1, 0.15) is 0 Å². The van der Waals surface area contributed by atoms with E-state index in [9.17, 15) is 8.78 Å². The van der Waals surface area contributed by atoms with Crippen LogP contribution in [0, 0.1) is 0 Å². The molecule has 0 spiro atoms. The molecule has 86 valence electrons. The van der Waals surface area contributed by atoms with Crippen LogP contribution in [-0.2, 0) is 0 Å². The number of rotatable bonds is 3. The zero-order chi connectivity index (χ0) is 11.0. The summed E-state index contributed by atoms with van der Waals surface area (Å²) >= 11 is 0. The highest BCUT2D eigenvalue weighted by Crippen LogP contribution is 2.27. The summed E-state index contributed by atoms with van der Waals surface area (Å²) in [7, 11) is 0. The summed E-state index contributed by atoms with van der Waals surface area (Å²) in [5.74, 6) is -2.45. The molecule has 0 aromatic heterocycles. The highest BCUT2D eigenvalue weighted by molar-refractivity contribution is 4.77. The van der Waals surface area contributed by atoms with E-state index in [4.69, 9.17) is 5.11 Å². The number of hydrogen-bond acceptors (Lipinski definition) is 2. The molecule has 1 heterocycles. The molecule has 4 heteroatoms. The summed E-state index contributed by atoms with van der Waals surface area (Å²) in [6.45, 7) is 5.82. The van der Waals surface area contributed by atoms with Crippen LogP contribution in [0.2, 0.25) is 0 Å². The second-order valence-electron chi connectivity index (χ2n) is 3.27. The number of piperidine rings is 1. The molecule has 0 aromatic rings. The molecule has 2 nitrogen and oxygen atoms in total. The van der Waals surface area contributed by atoms with Crippen LogP contribution in [0.3, 0.4) is 0 Å². The first-order chi connectivity index (χ1) is 6.64. The highest BCUT2D eigenvalue weighted by atomic mass is 19.3. The molecule has 0 unspecified atom stereocenters. The Bertz CT molecular complexity index is 132. The molecule has 1 N–H and O–H groups in total. The molecule has 1 fully saturated rings. The van der Waals surface area contributed by atoms with Crippen molar-refractivity contribution >= 4 is 0 Å². The third kappa shape index (κ3) is 5.50. The zero-order valence-electron chi connectivity index (χ0n) is 9.10. The van der Waals surface area contributed by atoms with Crippen molar-refractivity contribution < 1.29 is 13.9 Å². The van der Waals surface area contributed by atoms with E-state index in [1.165, 1.54) is 0 Å². The Morgan fingerprint density at radius 2 is 1.71 bits per heavy atom. The van der Waals surface area contributed by atoms with Gasteiger partial charge < -0.3 is 10.0 Å². The second-order valence-corrected chi connectivity index (χ2v) is 3.27. The maximum absolute atomic E-state index is 12.6. The average Bonchev–Trinajstić information content (AvgIpc) is 2.19. The van der Waals surface area contributed by atoms with Crippen molar-refractivity contribution in [3.63, 3.8) is 0 Å². The fourth-order valence-electron chi connectivity index (χ4n) is 1.40. The van der Waals surface area contributed by atoms with Crippen molar-refractivity contribution in [1.29, 1.82) is 0 Å². The minimum absolute atomic E-state index is 0.0293. The van der Waals surface area contributed by atoms with Gasteiger partial charge in [-0.25, -0.2) is 8.78 Å². The van der Waals surface area contributed by atoms with E-state index in [-0.39, 0.29) is 19.4 Å². The van der Waals surface area contributed by atoms with Crippen LogP contribution in [-0.4, -0.2) is 42.2 Å². The molecule has 0 saturated carbocycles. The van der Waals surface area contributed by atoms with E-state index in [1.807, 2.05) is 18.7 Å². The maximum Gasteiger partial charge on any atom is 0.250 e. The molecule has 0 amide bonds. The molecule has 0 radical (unpaired) electrons. The number of halogens is 2. The normalized spacial score (nSPS) is 21.2. The fraction of sp³-hybridized carbons (Fsp3) is 1.00. The first-order valence-corrected chi connectivity index (χ1v) is 5.35. The number of aliphatic hydroxyl groups is 1. The Balaban J connectivity index is 0.000000791. The lowest BCUT2D eigenvalue weighted by molar-refractivity contribution is -0.0555. The van der Waals surface area contributed by atoms with Gasteiger partial charge in [-0.15, -0.1) is 0 Å². The Labute approximate surface area is 84.9 Å². The monoisotopic (exact) mass is 209 g/mol. The van der Waals surface area contributed by atoms with Gasteiger partial charge in [0, 0.05) is 39.1 Å². The Morgan fingerprint density at radius 1 is 1.21 bits per heavy atom. The van der Waals surface area contributed by atoms with Crippen molar-refractivity contribution in [3.05, 3.63) is 0 Å². The van der Waals surface area contributed by atoms with Crippen molar-refractivity contribution in [2.24, 2.45) is 0 Å². The van der Waals surface area contributed by atoms with E-state index in [2.05, 4.69) is 0 Å². The van der Waals surface area contributed by atoms with E-state index in [0.29, 0.717) is 19.5 Å². The van der Waals surface area contributed by atoms with Crippen molar-refractivity contribution in [1.82, 2.24) is 4.90 Å². The molecule has 1 aliphatic rings. The summed E-state index contributed by atoms with van der Waals surface area (Å²) in [6, 6.07) is 0. The molecule has 1 rings (SSSR count). The summed E-state index contributed by atoms with van der Waals surface area (Å²) < 4.78 is 25.2. The van der Waals surface area contributed by atoms with Crippen LogP contribution in [0.25, 0.3) is 0 Å². The standard InChI is InChI=1S/C8H15F2NO.C2H6/c9-8(10)2-5-11(6-3-8)4-1-7-12;1-2/h12H,1-7H2;1-2H3. The van der Waals surface area contributed by atoms with Crippen LogP contribution in [0.5, 0.6) is 0 Å². The molecule has 0 aromatic carbocycles. The van der Waals surface area contributed by atoms with Crippen LogP contribution in [0.1, 0.15) is 33.1 Å². The molecular formula is C10H21F2NO. The van der Waals surface area contributed by atoms with Gasteiger partial charge in [-0.3, -0.25) is 0 Å². The van der Waals surface area contributed by atoms with Gasteiger partial charge in [0.15, 0.2) is 0 Å². The van der Waals surface area contributed by atoms with Gasteiger partial charge in [-0.1, -0.05) is 13.8 Å². The average molecular weight is 209 g/mol. The summed E-state index contributed by atoms with van der Waals surface area (Å²) in [4.78, 5) is 1.98. The van der Waals surface area contributed by atoms with E-state index in [0.717, 1.165) is 6.54 Å². The van der Waals surface area contributed by atoms with Crippen molar-refractivity contribution in [2.45, 2.75) is 39.0 Å². The molecule has 0 atom stereocenters. The van der Waals surface area contributed by atoms with Gasteiger partial charge >= 0.3 is 0 Å². The lowest BCUT2D eigenvalue weighted by Gasteiger charge is -2.31. The Morgan fingerprint density at radius 3 is 2.14 bits per heavy atom. The third-order valence-electron chi connectivity index (χ3n) is 2.22. The first-order valence-electron chi connectivity index (χ1n) is 5.35. The predicted molar refractivity (Wildman–Crippen MR) is 53.7 cm³/mol. The maximum atomic E-state index is 12.6. The van der Waals surface area contributed by atoms with Crippen LogP contribution >= 0.6 is 0 Å². The third-order valence-corrected chi connectivity index (χ3v) is 2.22. The largest absolute Gasteiger partial charge is 0.396 e. The number of likely N-dealkylation sites (tertiary alicyclic amines) is 1. The quantitative estimate of drug-likeness (QED) is 0.769.